The van der Waals surface area contributed by atoms with Crippen molar-refractivity contribution in [1.82, 2.24) is 0 Å². The Kier molecular flexibility index (Phi) is 5.49. The van der Waals surface area contributed by atoms with E-state index in [9.17, 15) is 19.8 Å². The summed E-state index contributed by atoms with van der Waals surface area (Å²) in [5.74, 6) is 0.793. The molecule has 5 rings (SSSR count). The molecule has 1 saturated heterocycles. The fraction of sp³-hybridized carbons (Fsp3) is 0.867. The van der Waals surface area contributed by atoms with Crippen LogP contribution in [0, 0.1) is 39.4 Å². The van der Waals surface area contributed by atoms with Crippen LogP contribution in [0.3, 0.4) is 0 Å². The summed E-state index contributed by atoms with van der Waals surface area (Å²) in [7, 11) is 0. The molecule has 196 valence electrons. The van der Waals surface area contributed by atoms with Crippen LogP contribution in [0.1, 0.15) is 100 Å². The van der Waals surface area contributed by atoms with Gasteiger partial charge in [-0.1, -0.05) is 47.1 Å². The fourth-order valence-electron chi connectivity index (χ4n) is 9.98. The SMILES string of the molecule is C[C@@H](C[C@@H](O)[C@@H]1OC1(C)C)C1=C2C[C@@H](O)[C@@H]3[C@]4(C)CCC(=O)C(C)(C)[C@H]4CC[C@@]3(C)[C@]2(C)CC1=O. The Balaban J connectivity index is 1.51. The number of allylic oxidation sites excluding steroid dienone is 1. The summed E-state index contributed by atoms with van der Waals surface area (Å²) >= 11 is 0. The normalized spacial score (nSPS) is 47.6. The largest absolute Gasteiger partial charge is 0.392 e. The molecular formula is C30H46O5. The third-order valence-electron chi connectivity index (χ3n) is 12.0. The highest BCUT2D eigenvalue weighted by molar-refractivity contribution is 6.00. The summed E-state index contributed by atoms with van der Waals surface area (Å²) in [6.07, 6.45) is 3.52. The first-order valence-corrected chi connectivity index (χ1v) is 13.8. The molecule has 2 N–H and O–H groups in total. The minimum atomic E-state index is -0.596. The number of carbonyl (C=O) groups excluding carboxylic acids is 2. The maximum Gasteiger partial charge on any atom is 0.160 e. The Hall–Kier alpha value is -1.04. The number of hydrogen-bond donors (Lipinski definition) is 2. The summed E-state index contributed by atoms with van der Waals surface area (Å²) in [6, 6.07) is 0. The zero-order valence-electron chi connectivity index (χ0n) is 23.0. The molecule has 35 heavy (non-hydrogen) atoms. The molecular weight excluding hydrogens is 440 g/mol. The van der Waals surface area contributed by atoms with Gasteiger partial charge in [-0.15, -0.1) is 0 Å². The predicted molar refractivity (Wildman–Crippen MR) is 135 cm³/mol. The van der Waals surface area contributed by atoms with Crippen molar-refractivity contribution in [1.29, 1.82) is 0 Å². The monoisotopic (exact) mass is 486 g/mol. The maximum atomic E-state index is 13.6. The lowest BCUT2D eigenvalue weighted by Crippen LogP contribution is -2.65. The summed E-state index contributed by atoms with van der Waals surface area (Å²) in [6.45, 7) is 17.2. The summed E-state index contributed by atoms with van der Waals surface area (Å²) in [4.78, 5) is 26.5. The molecule has 3 saturated carbocycles. The van der Waals surface area contributed by atoms with Crippen LogP contribution in [-0.2, 0) is 14.3 Å². The molecule has 5 heteroatoms. The van der Waals surface area contributed by atoms with Crippen LogP contribution < -0.4 is 0 Å². The molecule has 1 heterocycles. The van der Waals surface area contributed by atoms with Gasteiger partial charge in [0, 0.05) is 23.7 Å². The Bertz CT molecular complexity index is 993. The number of hydrogen-bond acceptors (Lipinski definition) is 5. The molecule has 0 radical (unpaired) electrons. The van der Waals surface area contributed by atoms with E-state index < -0.39 is 12.2 Å². The fourth-order valence-corrected chi connectivity index (χ4v) is 9.98. The van der Waals surface area contributed by atoms with E-state index in [1.807, 2.05) is 13.8 Å². The molecule has 0 bridgehead atoms. The molecule has 0 aromatic rings. The van der Waals surface area contributed by atoms with E-state index in [1.54, 1.807) is 0 Å². The number of aliphatic hydroxyl groups excluding tert-OH is 2. The maximum absolute atomic E-state index is 13.6. The quantitative estimate of drug-likeness (QED) is 0.545. The van der Waals surface area contributed by atoms with Crippen molar-refractivity contribution >= 4 is 11.6 Å². The van der Waals surface area contributed by atoms with Gasteiger partial charge in [0.05, 0.1) is 17.8 Å². The minimum absolute atomic E-state index is 0.0589. The zero-order chi connectivity index (χ0) is 25.9. The van der Waals surface area contributed by atoms with Crippen LogP contribution >= 0.6 is 0 Å². The highest BCUT2D eigenvalue weighted by Gasteiger charge is 2.70. The van der Waals surface area contributed by atoms with Gasteiger partial charge in [0.2, 0.25) is 0 Å². The molecule has 5 nitrogen and oxygen atoms in total. The number of ether oxygens (including phenoxy) is 1. The van der Waals surface area contributed by atoms with Crippen LogP contribution in [0.15, 0.2) is 11.1 Å². The van der Waals surface area contributed by atoms with E-state index in [0.29, 0.717) is 31.5 Å². The van der Waals surface area contributed by atoms with Gasteiger partial charge in [-0.05, 0) is 80.1 Å². The van der Waals surface area contributed by atoms with Gasteiger partial charge in [-0.3, -0.25) is 9.59 Å². The number of rotatable bonds is 4. The summed E-state index contributed by atoms with van der Waals surface area (Å²) in [5.41, 5.74) is 0.700. The lowest BCUT2D eigenvalue weighted by atomic mass is 9.36. The smallest absolute Gasteiger partial charge is 0.160 e. The van der Waals surface area contributed by atoms with Crippen molar-refractivity contribution < 1.29 is 24.5 Å². The van der Waals surface area contributed by atoms with Crippen molar-refractivity contribution in [3.8, 4) is 0 Å². The third kappa shape index (κ3) is 3.29. The Labute approximate surface area is 211 Å². The van der Waals surface area contributed by atoms with Gasteiger partial charge in [0.15, 0.2) is 5.78 Å². The van der Waals surface area contributed by atoms with Crippen LogP contribution in [0.25, 0.3) is 0 Å². The van der Waals surface area contributed by atoms with Gasteiger partial charge in [0.25, 0.3) is 0 Å². The minimum Gasteiger partial charge on any atom is -0.392 e. The van der Waals surface area contributed by atoms with Gasteiger partial charge in [-0.25, -0.2) is 0 Å². The average molecular weight is 487 g/mol. The van der Waals surface area contributed by atoms with Crippen LogP contribution in [0.4, 0.5) is 0 Å². The molecule has 0 unspecified atom stereocenters. The first-order valence-electron chi connectivity index (χ1n) is 13.8. The number of ketones is 2. The van der Waals surface area contributed by atoms with E-state index in [1.165, 1.54) is 0 Å². The van der Waals surface area contributed by atoms with Crippen molar-refractivity contribution in [2.24, 2.45) is 39.4 Å². The number of aliphatic hydroxyl groups is 2. The zero-order valence-corrected chi connectivity index (χ0v) is 23.0. The Morgan fingerprint density at radius 2 is 1.69 bits per heavy atom. The Morgan fingerprint density at radius 3 is 2.29 bits per heavy atom. The summed E-state index contributed by atoms with van der Waals surface area (Å²) < 4.78 is 5.66. The highest BCUT2D eigenvalue weighted by atomic mass is 16.6. The molecule has 4 aliphatic carbocycles. The molecule has 0 spiro atoms. The van der Waals surface area contributed by atoms with Gasteiger partial charge in [-0.2, -0.15) is 0 Å². The van der Waals surface area contributed by atoms with Crippen molar-refractivity contribution in [2.75, 3.05) is 0 Å². The standard InChI is InChI=1S/C30H46O5/c1-16(13-19(32)25-27(4,5)35-25)23-17-14-18(31)24-28(6)11-10-22(34)26(2,3)21(28)9-12-29(24,7)30(17,8)15-20(23)33/h16,18-19,21,24-25,31-32H,9-15H2,1-8H3/t16-,18+,19+,21+,24+,25-,28+,29+,30+/m0/s1. The summed E-state index contributed by atoms with van der Waals surface area (Å²) in [5, 5.41) is 22.6. The Morgan fingerprint density at radius 1 is 1.06 bits per heavy atom. The first-order chi connectivity index (χ1) is 16.0. The number of Topliss-reactive ketones (excluding diaryl/α,β-unsaturated/α-hetero) is 2. The molecule has 5 aliphatic rings. The van der Waals surface area contributed by atoms with Crippen LogP contribution in [-0.4, -0.2) is 45.7 Å². The lowest BCUT2D eigenvalue weighted by Gasteiger charge is -2.68. The average Bonchev–Trinajstić information content (AvgIpc) is 3.28. The van der Waals surface area contributed by atoms with E-state index >= 15 is 0 Å². The van der Waals surface area contributed by atoms with E-state index in [-0.39, 0.29) is 56.9 Å². The highest BCUT2D eigenvalue weighted by Crippen LogP contribution is 2.73. The van der Waals surface area contributed by atoms with Crippen molar-refractivity contribution in [3.05, 3.63) is 11.1 Å². The first kappa shape index (κ1) is 25.6. The van der Waals surface area contributed by atoms with E-state index in [0.717, 1.165) is 30.4 Å². The second-order valence-corrected chi connectivity index (χ2v) is 14.6. The lowest BCUT2D eigenvalue weighted by molar-refractivity contribution is -0.208. The van der Waals surface area contributed by atoms with Gasteiger partial charge >= 0.3 is 0 Å². The predicted octanol–water partition coefficient (Wildman–Crippen LogP) is 5.02. The number of epoxide rings is 1. The van der Waals surface area contributed by atoms with Gasteiger partial charge < -0.3 is 14.9 Å². The second kappa shape index (κ2) is 7.51. The number of carbonyl (C=O) groups is 2. The number of fused-ring (bicyclic) bond motifs is 5. The molecule has 0 aromatic heterocycles. The van der Waals surface area contributed by atoms with E-state index in [4.69, 9.17) is 4.74 Å². The molecule has 4 fully saturated rings. The van der Waals surface area contributed by atoms with Crippen LogP contribution in [0.5, 0.6) is 0 Å². The van der Waals surface area contributed by atoms with E-state index in [2.05, 4.69) is 41.5 Å². The molecule has 0 amide bonds. The molecule has 9 atom stereocenters. The molecule has 1 aliphatic heterocycles. The van der Waals surface area contributed by atoms with Gasteiger partial charge in [0.1, 0.15) is 11.9 Å². The topological polar surface area (TPSA) is 87.1 Å². The van der Waals surface area contributed by atoms with Crippen molar-refractivity contribution in [2.45, 2.75) is 124 Å². The third-order valence-corrected chi connectivity index (χ3v) is 12.0. The molecule has 0 aromatic carbocycles. The van der Waals surface area contributed by atoms with Crippen molar-refractivity contribution in [3.63, 3.8) is 0 Å². The van der Waals surface area contributed by atoms with Crippen LogP contribution in [0.2, 0.25) is 0 Å². The second-order valence-electron chi connectivity index (χ2n) is 14.6.